The average molecular weight is 757 g/mol. The highest BCUT2D eigenvalue weighted by molar-refractivity contribution is 6.30. The number of rotatable bonds is 5. The summed E-state index contributed by atoms with van der Waals surface area (Å²) in [5.74, 6) is 0. The number of hydrogen-bond donors (Lipinski definition) is 0. The average Bonchev–Trinajstić information content (AvgIpc) is 3.65. The molecule has 0 atom stereocenters. The van der Waals surface area contributed by atoms with E-state index in [1.807, 2.05) is 24.3 Å². The van der Waals surface area contributed by atoms with Gasteiger partial charge in [0.05, 0.1) is 13.1 Å². The van der Waals surface area contributed by atoms with Crippen molar-refractivity contribution in [1.29, 1.82) is 0 Å². The van der Waals surface area contributed by atoms with Gasteiger partial charge in [0, 0.05) is 0 Å². The molecule has 0 aliphatic heterocycles. The van der Waals surface area contributed by atoms with Gasteiger partial charge >= 0.3 is 0 Å². The van der Waals surface area contributed by atoms with Crippen LogP contribution in [0.1, 0.15) is 0 Å². The minimum atomic E-state index is 0.601. The monoisotopic (exact) mass is 756 g/mol. The Balaban J connectivity index is 1.25. The third-order valence-corrected chi connectivity index (χ3v) is 12.6. The molecule has 0 saturated carbocycles. The van der Waals surface area contributed by atoms with Gasteiger partial charge in [0.15, 0.2) is 11.4 Å². The van der Waals surface area contributed by atoms with E-state index in [2.05, 4.69) is 180 Å². The minimum absolute atomic E-state index is 0.601. The molecule has 2 heteroatoms. The van der Waals surface area contributed by atoms with Crippen LogP contribution in [-0.2, 0) is 0 Å². The third-order valence-electron chi connectivity index (χ3n) is 12.6. The van der Waals surface area contributed by atoms with E-state index >= 15 is 0 Å². The Morgan fingerprint density at radius 3 is 1.20 bits per heavy atom. The third kappa shape index (κ3) is 4.86. The Morgan fingerprint density at radius 1 is 0.250 bits per heavy atom. The van der Waals surface area contributed by atoms with E-state index in [9.17, 15) is 0 Å². The van der Waals surface area contributed by atoms with E-state index in [0.29, 0.717) is 11.4 Å². The van der Waals surface area contributed by atoms with E-state index in [1.165, 1.54) is 76.5 Å². The predicted octanol–water partition coefficient (Wildman–Crippen LogP) is 16.8. The molecule has 0 radical (unpaired) electrons. The summed E-state index contributed by atoms with van der Waals surface area (Å²) in [5, 5.41) is 10.2. The fourth-order valence-electron chi connectivity index (χ4n) is 10.1. The Labute approximate surface area is 347 Å². The summed E-state index contributed by atoms with van der Waals surface area (Å²) in [6.45, 7) is 15.6. The molecule has 0 bridgehead atoms. The van der Waals surface area contributed by atoms with Gasteiger partial charge in [0.1, 0.15) is 0 Å². The van der Waals surface area contributed by atoms with Crippen molar-refractivity contribution in [3.8, 4) is 77.9 Å². The molecule has 1 aliphatic rings. The summed E-state index contributed by atoms with van der Waals surface area (Å²) in [7, 11) is 0. The Hall–Kier alpha value is -8.30. The fraction of sp³-hybridized carbons (Fsp3) is 0. The molecule has 0 spiro atoms. The van der Waals surface area contributed by atoms with Gasteiger partial charge in [-0.1, -0.05) is 194 Å². The molecule has 274 valence electrons. The second-order valence-corrected chi connectivity index (χ2v) is 15.7. The lowest BCUT2D eigenvalue weighted by molar-refractivity contribution is 1.54. The summed E-state index contributed by atoms with van der Waals surface area (Å²) in [4.78, 5) is 7.52. The molecular formula is C58H32N2. The SMILES string of the molecule is [C-]#[N+]c1ccc(-c2c(-c3ccc([N+]#[C-])cc3)c(-c3ccccc3)c3c(c2-c2ccccc2)-c2cccc4c(-c5ccc6ccc7cccc8ccc5c6c78)ccc-3c24)cc1. The molecule has 0 fully saturated rings. The molecule has 11 aromatic rings. The summed E-state index contributed by atoms with van der Waals surface area (Å²) >= 11 is 0. The number of hydrogen-bond acceptors (Lipinski definition) is 0. The fourth-order valence-corrected chi connectivity index (χ4v) is 10.1. The maximum Gasteiger partial charge on any atom is 0.187 e. The first-order valence-corrected chi connectivity index (χ1v) is 20.2. The second-order valence-electron chi connectivity index (χ2n) is 15.7. The van der Waals surface area contributed by atoms with Crippen LogP contribution in [-0.4, -0.2) is 0 Å². The molecule has 11 aromatic carbocycles. The molecule has 60 heavy (non-hydrogen) atoms. The summed E-state index contributed by atoms with van der Waals surface area (Å²) in [6, 6.07) is 69.5. The van der Waals surface area contributed by atoms with Gasteiger partial charge in [0.25, 0.3) is 0 Å². The van der Waals surface area contributed by atoms with Gasteiger partial charge in [-0.15, -0.1) is 0 Å². The number of nitrogens with zero attached hydrogens (tertiary/aromatic N) is 2. The lowest BCUT2D eigenvalue weighted by atomic mass is 9.76. The van der Waals surface area contributed by atoms with Crippen molar-refractivity contribution >= 4 is 54.5 Å². The van der Waals surface area contributed by atoms with Crippen LogP contribution in [0, 0.1) is 13.1 Å². The Kier molecular flexibility index (Phi) is 7.39. The smallest absolute Gasteiger partial charge is 0.187 e. The van der Waals surface area contributed by atoms with Crippen molar-refractivity contribution < 1.29 is 0 Å². The molecule has 1 aliphatic carbocycles. The first kappa shape index (κ1) is 33.8. The standard InChI is InChI=1S/C58H32N2/c1-59-42-27-21-40(22-28-42)52-53(41-23-29-43(60-2)30-24-41)55(36-13-7-4-8-14-36)58-49-34-33-45(46-17-10-18-48(56(46)49)57(58)54(52)35-11-5-3-6-12-35)44-31-25-39-20-19-37-15-9-16-38-26-32-47(44)51(39)50(37)38/h3-34H. The van der Waals surface area contributed by atoms with Crippen LogP contribution >= 0.6 is 0 Å². The zero-order chi connectivity index (χ0) is 39.9. The molecule has 2 nitrogen and oxygen atoms in total. The van der Waals surface area contributed by atoms with Gasteiger partial charge in [-0.05, 0) is 121 Å². The minimum Gasteiger partial charge on any atom is -0.238 e. The lowest BCUT2D eigenvalue weighted by Gasteiger charge is -2.26. The van der Waals surface area contributed by atoms with E-state index in [4.69, 9.17) is 13.1 Å². The molecular weight excluding hydrogens is 725 g/mol. The molecule has 0 unspecified atom stereocenters. The van der Waals surface area contributed by atoms with Crippen LogP contribution in [0.15, 0.2) is 194 Å². The Bertz CT molecular complexity index is 3470. The predicted molar refractivity (Wildman–Crippen MR) is 252 cm³/mol. The topological polar surface area (TPSA) is 8.72 Å². The van der Waals surface area contributed by atoms with Crippen molar-refractivity contribution in [2.45, 2.75) is 0 Å². The first-order chi connectivity index (χ1) is 29.7. The van der Waals surface area contributed by atoms with Gasteiger partial charge in [-0.2, -0.15) is 0 Å². The highest BCUT2D eigenvalue weighted by Gasteiger charge is 2.34. The molecule has 0 amide bonds. The first-order valence-electron chi connectivity index (χ1n) is 20.2. The summed E-state index contributed by atoms with van der Waals surface area (Å²) in [5.41, 5.74) is 17.3. The summed E-state index contributed by atoms with van der Waals surface area (Å²) < 4.78 is 0. The Morgan fingerprint density at radius 2 is 0.650 bits per heavy atom. The summed E-state index contributed by atoms with van der Waals surface area (Å²) in [6.07, 6.45) is 0. The zero-order valence-corrected chi connectivity index (χ0v) is 32.4. The maximum absolute atomic E-state index is 7.78. The van der Waals surface area contributed by atoms with Crippen molar-refractivity contribution in [2.24, 2.45) is 0 Å². The molecule has 0 aromatic heterocycles. The van der Waals surface area contributed by atoms with Gasteiger partial charge < -0.3 is 0 Å². The van der Waals surface area contributed by atoms with E-state index < -0.39 is 0 Å². The van der Waals surface area contributed by atoms with Crippen LogP contribution in [0.4, 0.5) is 11.4 Å². The van der Waals surface area contributed by atoms with Crippen molar-refractivity contribution in [2.75, 3.05) is 0 Å². The van der Waals surface area contributed by atoms with Crippen LogP contribution in [0.2, 0.25) is 0 Å². The quantitative estimate of drug-likeness (QED) is 0.122. The highest BCUT2D eigenvalue weighted by atomic mass is 14.6. The van der Waals surface area contributed by atoms with Crippen LogP contribution < -0.4 is 0 Å². The van der Waals surface area contributed by atoms with Crippen molar-refractivity contribution in [1.82, 2.24) is 0 Å². The highest BCUT2D eigenvalue weighted by Crippen LogP contribution is 2.61. The number of fused-ring (bicyclic) bond motifs is 3. The van der Waals surface area contributed by atoms with Gasteiger partial charge in [0.2, 0.25) is 0 Å². The van der Waals surface area contributed by atoms with Crippen LogP contribution in [0.5, 0.6) is 0 Å². The van der Waals surface area contributed by atoms with E-state index in [-0.39, 0.29) is 0 Å². The zero-order valence-electron chi connectivity index (χ0n) is 32.4. The molecule has 0 heterocycles. The van der Waals surface area contributed by atoms with Crippen LogP contribution in [0.25, 0.3) is 131 Å². The van der Waals surface area contributed by atoms with Gasteiger partial charge in [-0.3, -0.25) is 0 Å². The van der Waals surface area contributed by atoms with Crippen molar-refractivity contribution in [3.63, 3.8) is 0 Å². The number of benzene rings is 11. The molecule has 12 rings (SSSR count). The van der Waals surface area contributed by atoms with Crippen LogP contribution in [0.3, 0.4) is 0 Å². The molecule has 0 saturated heterocycles. The lowest BCUT2D eigenvalue weighted by Crippen LogP contribution is -1.99. The molecule has 0 N–H and O–H groups in total. The largest absolute Gasteiger partial charge is 0.238 e. The maximum atomic E-state index is 7.78. The van der Waals surface area contributed by atoms with Crippen molar-refractivity contribution in [3.05, 3.63) is 217 Å². The normalized spacial score (nSPS) is 11.6. The van der Waals surface area contributed by atoms with E-state index in [1.54, 1.807) is 0 Å². The van der Waals surface area contributed by atoms with Gasteiger partial charge in [-0.25, -0.2) is 9.69 Å². The second kappa shape index (κ2) is 13.1. The van der Waals surface area contributed by atoms with E-state index in [0.717, 1.165) is 44.5 Å².